The highest BCUT2D eigenvalue weighted by atomic mass is 35.5. The first-order chi connectivity index (χ1) is 5.29. The Bertz CT molecular complexity index is 245. The van der Waals surface area contributed by atoms with Crippen molar-refractivity contribution >= 4 is 24.5 Å². The van der Waals surface area contributed by atoms with E-state index in [-0.39, 0.29) is 24.7 Å². The zero-order chi connectivity index (χ0) is 8.10. The smallest absolute Gasteiger partial charge is 0.221 e. The van der Waals surface area contributed by atoms with Crippen molar-refractivity contribution in [3.63, 3.8) is 0 Å². The number of amides is 1. The SMILES string of the molecule is Cl.NC(=O)CC1=CC=CNN=C1. The maximum atomic E-state index is 10.5. The molecule has 0 aromatic rings. The van der Waals surface area contributed by atoms with Crippen LogP contribution in [0.15, 0.2) is 29.0 Å². The molecule has 5 heteroatoms. The average Bonchev–Trinajstić information content (AvgIpc) is 2.14. The van der Waals surface area contributed by atoms with Gasteiger partial charge in [0.1, 0.15) is 0 Å². The zero-order valence-corrected chi connectivity index (χ0v) is 7.17. The second kappa shape index (κ2) is 5.37. The molecule has 1 amide bonds. The van der Waals surface area contributed by atoms with E-state index >= 15 is 0 Å². The monoisotopic (exact) mass is 187 g/mol. The summed E-state index contributed by atoms with van der Waals surface area (Å²) in [6.45, 7) is 0. The number of carbonyl (C=O) groups excluding carboxylic acids is 1. The van der Waals surface area contributed by atoms with Crippen molar-refractivity contribution in [3.8, 4) is 0 Å². The molecule has 0 unspecified atom stereocenters. The molecule has 12 heavy (non-hydrogen) atoms. The van der Waals surface area contributed by atoms with E-state index in [1.54, 1.807) is 24.6 Å². The molecule has 4 nitrogen and oxygen atoms in total. The number of rotatable bonds is 2. The van der Waals surface area contributed by atoms with Gasteiger partial charge in [-0.2, -0.15) is 5.10 Å². The average molecular weight is 188 g/mol. The van der Waals surface area contributed by atoms with Crippen LogP contribution in [0.3, 0.4) is 0 Å². The number of carbonyl (C=O) groups is 1. The predicted molar refractivity (Wildman–Crippen MR) is 49.9 cm³/mol. The van der Waals surface area contributed by atoms with Crippen molar-refractivity contribution in [3.05, 3.63) is 23.9 Å². The lowest BCUT2D eigenvalue weighted by atomic mass is 10.2. The fourth-order valence-corrected chi connectivity index (χ4v) is 0.727. The largest absolute Gasteiger partial charge is 0.369 e. The van der Waals surface area contributed by atoms with E-state index in [1.165, 1.54) is 0 Å². The van der Waals surface area contributed by atoms with E-state index in [0.29, 0.717) is 0 Å². The number of nitrogens with one attached hydrogen (secondary N) is 1. The van der Waals surface area contributed by atoms with Crippen LogP contribution in [0.2, 0.25) is 0 Å². The first-order valence-corrected chi connectivity index (χ1v) is 3.21. The maximum absolute atomic E-state index is 10.5. The van der Waals surface area contributed by atoms with Gasteiger partial charge in [0.25, 0.3) is 0 Å². The van der Waals surface area contributed by atoms with Crippen LogP contribution in [0.4, 0.5) is 0 Å². The lowest BCUT2D eigenvalue weighted by Gasteiger charge is -1.92. The van der Waals surface area contributed by atoms with Crippen LogP contribution in [0.25, 0.3) is 0 Å². The van der Waals surface area contributed by atoms with Crippen LogP contribution < -0.4 is 11.2 Å². The number of halogens is 1. The Hall–Kier alpha value is -1.29. The van der Waals surface area contributed by atoms with Crippen LogP contribution in [0.5, 0.6) is 0 Å². The third-order valence-corrected chi connectivity index (χ3v) is 1.16. The Labute approximate surface area is 76.6 Å². The molecular weight excluding hydrogens is 178 g/mol. The highest BCUT2D eigenvalue weighted by Crippen LogP contribution is 1.98. The molecule has 66 valence electrons. The molecule has 0 aromatic heterocycles. The minimum atomic E-state index is -0.349. The van der Waals surface area contributed by atoms with E-state index in [0.717, 1.165) is 5.57 Å². The standard InChI is InChI=1S/C7H9N3O.ClH/c8-7(11)4-6-2-1-3-9-10-5-6;/h1-3,5,9H,4H2,(H2,8,11);1H. The second-order valence-electron chi connectivity index (χ2n) is 2.13. The van der Waals surface area contributed by atoms with E-state index in [2.05, 4.69) is 10.5 Å². The van der Waals surface area contributed by atoms with Crippen LogP contribution >= 0.6 is 12.4 Å². The van der Waals surface area contributed by atoms with Gasteiger partial charge in [-0.25, -0.2) is 0 Å². The Balaban J connectivity index is 0.00000121. The number of nitrogens with two attached hydrogens (primary N) is 1. The van der Waals surface area contributed by atoms with Gasteiger partial charge in [-0.3, -0.25) is 10.2 Å². The van der Waals surface area contributed by atoms with Gasteiger partial charge in [0.2, 0.25) is 5.91 Å². The Morgan fingerprint density at radius 3 is 3.08 bits per heavy atom. The van der Waals surface area contributed by atoms with Crippen molar-refractivity contribution in [1.82, 2.24) is 5.43 Å². The molecule has 0 radical (unpaired) electrons. The summed E-state index contributed by atoms with van der Waals surface area (Å²) in [6, 6.07) is 0. The van der Waals surface area contributed by atoms with Crippen LogP contribution in [0.1, 0.15) is 6.42 Å². The van der Waals surface area contributed by atoms with Gasteiger partial charge in [0.05, 0.1) is 12.6 Å². The van der Waals surface area contributed by atoms with Gasteiger partial charge in [-0.1, -0.05) is 6.08 Å². The number of hydrazone groups is 1. The fraction of sp³-hybridized carbons (Fsp3) is 0.143. The number of hydrogen-bond donors (Lipinski definition) is 2. The van der Waals surface area contributed by atoms with Gasteiger partial charge in [-0.05, 0) is 11.6 Å². The molecule has 0 bridgehead atoms. The molecule has 1 heterocycles. The molecule has 1 rings (SSSR count). The Morgan fingerprint density at radius 1 is 1.67 bits per heavy atom. The quantitative estimate of drug-likeness (QED) is 0.654. The molecule has 3 N–H and O–H groups in total. The third kappa shape index (κ3) is 3.78. The van der Waals surface area contributed by atoms with Crippen molar-refractivity contribution in [2.75, 3.05) is 0 Å². The molecule has 0 atom stereocenters. The highest BCUT2D eigenvalue weighted by molar-refractivity contribution is 5.89. The topological polar surface area (TPSA) is 67.5 Å². The summed E-state index contributed by atoms with van der Waals surface area (Å²) in [6.07, 6.45) is 7.03. The zero-order valence-electron chi connectivity index (χ0n) is 6.36. The maximum Gasteiger partial charge on any atom is 0.221 e. The summed E-state index contributed by atoms with van der Waals surface area (Å²) in [4.78, 5) is 10.5. The summed E-state index contributed by atoms with van der Waals surface area (Å²) >= 11 is 0. The van der Waals surface area contributed by atoms with Crippen molar-refractivity contribution in [1.29, 1.82) is 0 Å². The van der Waals surface area contributed by atoms with Gasteiger partial charge < -0.3 is 5.73 Å². The molecule has 0 fully saturated rings. The first-order valence-electron chi connectivity index (χ1n) is 3.21. The number of allylic oxidation sites excluding steroid dienone is 2. The number of primary amides is 1. The number of nitrogens with zero attached hydrogens (tertiary/aromatic N) is 1. The number of hydrogen-bond acceptors (Lipinski definition) is 3. The molecule has 0 saturated heterocycles. The lowest BCUT2D eigenvalue weighted by molar-refractivity contribution is -0.117. The van der Waals surface area contributed by atoms with Crippen LogP contribution in [-0.4, -0.2) is 12.1 Å². The molecule has 1 aliphatic heterocycles. The Kier molecular flexibility index (Phi) is 4.79. The summed E-state index contributed by atoms with van der Waals surface area (Å²) in [7, 11) is 0. The van der Waals surface area contributed by atoms with E-state index in [9.17, 15) is 4.79 Å². The minimum absolute atomic E-state index is 0. The van der Waals surface area contributed by atoms with Crippen molar-refractivity contribution < 1.29 is 4.79 Å². The normalized spacial score (nSPS) is 13.8. The fourth-order valence-electron chi connectivity index (χ4n) is 0.727. The predicted octanol–water partition coefficient (Wildman–Crippen LogP) is 0.313. The van der Waals surface area contributed by atoms with E-state index in [4.69, 9.17) is 5.73 Å². The summed E-state index contributed by atoms with van der Waals surface area (Å²) in [5, 5.41) is 3.77. The van der Waals surface area contributed by atoms with Gasteiger partial charge in [-0.15, -0.1) is 12.4 Å². The molecule has 0 saturated carbocycles. The van der Waals surface area contributed by atoms with E-state index in [1.807, 2.05) is 0 Å². The third-order valence-electron chi connectivity index (χ3n) is 1.16. The molecular formula is C7H10ClN3O. The molecule has 0 aromatic carbocycles. The molecule has 0 spiro atoms. The highest BCUT2D eigenvalue weighted by Gasteiger charge is 1.98. The lowest BCUT2D eigenvalue weighted by Crippen LogP contribution is -2.11. The van der Waals surface area contributed by atoms with Gasteiger partial charge in [0.15, 0.2) is 0 Å². The van der Waals surface area contributed by atoms with Gasteiger partial charge in [0, 0.05) is 6.20 Å². The van der Waals surface area contributed by atoms with E-state index < -0.39 is 0 Å². The Morgan fingerprint density at radius 2 is 2.42 bits per heavy atom. The van der Waals surface area contributed by atoms with Crippen molar-refractivity contribution in [2.24, 2.45) is 10.8 Å². The van der Waals surface area contributed by atoms with Crippen LogP contribution in [0, 0.1) is 0 Å². The van der Waals surface area contributed by atoms with Crippen molar-refractivity contribution in [2.45, 2.75) is 6.42 Å². The minimum Gasteiger partial charge on any atom is -0.369 e. The van der Waals surface area contributed by atoms with Gasteiger partial charge >= 0.3 is 0 Å². The second-order valence-corrected chi connectivity index (χ2v) is 2.13. The first kappa shape index (κ1) is 10.7. The molecule has 1 aliphatic rings. The summed E-state index contributed by atoms with van der Waals surface area (Å²) in [5.41, 5.74) is 8.43. The summed E-state index contributed by atoms with van der Waals surface area (Å²) in [5.74, 6) is -0.349. The molecule has 0 aliphatic carbocycles. The van der Waals surface area contributed by atoms with Crippen LogP contribution in [-0.2, 0) is 4.79 Å². The summed E-state index contributed by atoms with van der Waals surface area (Å²) < 4.78 is 0.